The Bertz CT molecular complexity index is 387. The average molecular weight is 278 g/mol. The summed E-state index contributed by atoms with van der Waals surface area (Å²) in [4.78, 5) is 15.0. The third-order valence-electron chi connectivity index (χ3n) is 6.46. The molecule has 0 spiro atoms. The maximum absolute atomic E-state index is 13.1. The summed E-state index contributed by atoms with van der Waals surface area (Å²) in [5.74, 6) is 2.71. The van der Waals surface area contributed by atoms with Crippen LogP contribution in [0.1, 0.15) is 38.5 Å². The topological polar surface area (TPSA) is 52.6 Å². The van der Waals surface area contributed by atoms with Gasteiger partial charge in [0.1, 0.15) is 0 Å². The molecule has 0 aromatic heterocycles. The van der Waals surface area contributed by atoms with Crippen molar-refractivity contribution in [2.75, 3.05) is 20.1 Å². The van der Waals surface area contributed by atoms with Crippen molar-refractivity contribution in [3.05, 3.63) is 0 Å². The van der Waals surface area contributed by atoms with E-state index in [0.29, 0.717) is 12.5 Å². The van der Waals surface area contributed by atoms with E-state index in [1.165, 1.54) is 19.3 Å². The van der Waals surface area contributed by atoms with E-state index in [1.54, 1.807) is 0 Å². The van der Waals surface area contributed by atoms with Gasteiger partial charge in [-0.05, 0) is 56.3 Å². The van der Waals surface area contributed by atoms with Crippen LogP contribution in [0.4, 0.5) is 0 Å². The standard InChI is InChI=1S/C16H26N2O2/c1-18(13-8-17-9-14(13)19)15(20)16-5-10-2-11(6-16)4-12(3-10)7-16/h10-14,17,19H,2-9H2,1H3/t10?,11?,12?,13-,14-,16?/m1/s1. The molecule has 0 aromatic rings. The predicted molar refractivity (Wildman–Crippen MR) is 76.0 cm³/mol. The molecule has 0 unspecified atom stereocenters. The third kappa shape index (κ3) is 1.84. The Kier molecular flexibility index (Phi) is 2.90. The minimum atomic E-state index is -0.405. The van der Waals surface area contributed by atoms with E-state index < -0.39 is 6.10 Å². The molecule has 4 bridgehead atoms. The number of β-amino-alcohol motifs (C(OH)–C–C–N with tert-alkyl or cyclic N) is 1. The molecular formula is C16H26N2O2. The molecule has 1 heterocycles. The zero-order chi connectivity index (χ0) is 13.9. The van der Waals surface area contributed by atoms with Crippen molar-refractivity contribution in [2.24, 2.45) is 23.2 Å². The van der Waals surface area contributed by atoms with Crippen molar-refractivity contribution >= 4 is 5.91 Å². The second-order valence-corrected chi connectivity index (χ2v) is 7.91. The monoisotopic (exact) mass is 278 g/mol. The predicted octanol–water partition coefficient (Wildman–Crippen LogP) is 0.994. The Morgan fingerprint density at radius 2 is 1.65 bits per heavy atom. The van der Waals surface area contributed by atoms with Crippen molar-refractivity contribution in [3.63, 3.8) is 0 Å². The van der Waals surface area contributed by atoms with Gasteiger partial charge in [0.05, 0.1) is 17.6 Å². The first-order valence-electron chi connectivity index (χ1n) is 8.23. The lowest BCUT2D eigenvalue weighted by Crippen LogP contribution is -2.57. The first-order chi connectivity index (χ1) is 9.57. The molecule has 20 heavy (non-hydrogen) atoms. The van der Waals surface area contributed by atoms with E-state index in [9.17, 15) is 9.90 Å². The molecule has 0 aromatic carbocycles. The zero-order valence-electron chi connectivity index (χ0n) is 12.3. The van der Waals surface area contributed by atoms with Crippen LogP contribution >= 0.6 is 0 Å². The highest BCUT2D eigenvalue weighted by molar-refractivity contribution is 5.83. The van der Waals surface area contributed by atoms with E-state index >= 15 is 0 Å². The van der Waals surface area contributed by atoms with Crippen LogP contribution in [-0.4, -0.2) is 48.2 Å². The van der Waals surface area contributed by atoms with E-state index in [4.69, 9.17) is 0 Å². The van der Waals surface area contributed by atoms with Gasteiger partial charge in [-0.2, -0.15) is 0 Å². The molecule has 4 nitrogen and oxygen atoms in total. The van der Waals surface area contributed by atoms with Crippen molar-refractivity contribution in [3.8, 4) is 0 Å². The van der Waals surface area contributed by atoms with E-state index in [-0.39, 0.29) is 11.5 Å². The number of likely N-dealkylation sites (N-methyl/N-ethyl adjacent to an activating group) is 1. The van der Waals surface area contributed by atoms with Crippen molar-refractivity contribution in [1.82, 2.24) is 10.2 Å². The Labute approximate surface area is 120 Å². The summed E-state index contributed by atoms with van der Waals surface area (Å²) in [5.41, 5.74) is -0.0776. The van der Waals surface area contributed by atoms with Gasteiger partial charge in [0.25, 0.3) is 0 Å². The first-order valence-corrected chi connectivity index (χ1v) is 8.23. The first kappa shape index (κ1) is 13.1. The van der Waals surface area contributed by atoms with E-state index in [1.807, 2.05) is 11.9 Å². The average Bonchev–Trinajstić information content (AvgIpc) is 2.81. The van der Waals surface area contributed by atoms with E-state index in [0.717, 1.165) is 43.6 Å². The number of carbonyl (C=O) groups is 1. The van der Waals surface area contributed by atoms with Crippen molar-refractivity contribution < 1.29 is 9.90 Å². The van der Waals surface area contributed by atoms with Gasteiger partial charge in [0.15, 0.2) is 0 Å². The summed E-state index contributed by atoms with van der Waals surface area (Å²) in [6.45, 7) is 1.35. The van der Waals surface area contributed by atoms with Crippen LogP contribution in [0.15, 0.2) is 0 Å². The minimum Gasteiger partial charge on any atom is -0.390 e. The van der Waals surface area contributed by atoms with Gasteiger partial charge < -0.3 is 15.3 Å². The molecule has 1 aliphatic heterocycles. The fourth-order valence-electron chi connectivity index (χ4n) is 5.94. The summed E-state index contributed by atoms with van der Waals surface area (Å²) in [6.07, 6.45) is 7.02. The van der Waals surface area contributed by atoms with Crippen molar-refractivity contribution in [2.45, 2.75) is 50.7 Å². The summed E-state index contributed by atoms with van der Waals surface area (Å²) in [5, 5.41) is 13.2. The zero-order valence-corrected chi connectivity index (χ0v) is 12.3. The molecule has 1 saturated heterocycles. The van der Waals surface area contributed by atoms with Gasteiger partial charge in [0, 0.05) is 20.1 Å². The second-order valence-electron chi connectivity index (χ2n) is 7.91. The molecule has 112 valence electrons. The second kappa shape index (κ2) is 4.44. The summed E-state index contributed by atoms with van der Waals surface area (Å²) in [6, 6.07) is -0.0319. The third-order valence-corrected chi connectivity index (χ3v) is 6.46. The number of aliphatic hydroxyl groups is 1. The van der Waals surface area contributed by atoms with Crippen LogP contribution in [-0.2, 0) is 4.79 Å². The van der Waals surface area contributed by atoms with Gasteiger partial charge in [-0.3, -0.25) is 4.79 Å². The molecule has 4 heteroatoms. The lowest BCUT2D eigenvalue weighted by molar-refractivity contribution is -0.159. The number of nitrogens with one attached hydrogen (secondary N) is 1. The van der Waals surface area contributed by atoms with Gasteiger partial charge >= 0.3 is 0 Å². The highest BCUT2D eigenvalue weighted by atomic mass is 16.3. The number of aliphatic hydroxyl groups excluding tert-OH is 1. The summed E-state index contributed by atoms with van der Waals surface area (Å²) >= 11 is 0. The maximum atomic E-state index is 13.1. The Morgan fingerprint density at radius 3 is 2.10 bits per heavy atom. The smallest absolute Gasteiger partial charge is 0.228 e. The largest absolute Gasteiger partial charge is 0.390 e. The SMILES string of the molecule is CN(C(=O)C12CC3CC(CC(C3)C1)C2)[C@@H]1CNC[C@H]1O. The van der Waals surface area contributed by atoms with Crippen LogP contribution in [0.2, 0.25) is 0 Å². The van der Waals surface area contributed by atoms with E-state index in [2.05, 4.69) is 5.32 Å². The molecule has 2 atom stereocenters. The van der Waals surface area contributed by atoms with Crippen molar-refractivity contribution in [1.29, 1.82) is 0 Å². The Morgan fingerprint density at radius 1 is 1.10 bits per heavy atom. The lowest BCUT2D eigenvalue weighted by Gasteiger charge is -2.56. The Balaban J connectivity index is 1.55. The highest BCUT2D eigenvalue weighted by Gasteiger charge is 2.56. The highest BCUT2D eigenvalue weighted by Crippen LogP contribution is 2.60. The maximum Gasteiger partial charge on any atom is 0.228 e. The lowest BCUT2D eigenvalue weighted by atomic mass is 9.49. The van der Waals surface area contributed by atoms with Crippen LogP contribution < -0.4 is 5.32 Å². The minimum absolute atomic E-state index is 0.0319. The summed E-state index contributed by atoms with van der Waals surface area (Å²) in [7, 11) is 1.90. The Hall–Kier alpha value is -0.610. The molecule has 5 fully saturated rings. The molecule has 5 aliphatic rings. The molecule has 0 radical (unpaired) electrons. The number of carbonyl (C=O) groups excluding carboxylic acids is 1. The number of amides is 1. The molecule has 4 aliphatic carbocycles. The fourth-order valence-corrected chi connectivity index (χ4v) is 5.94. The van der Waals surface area contributed by atoms with Gasteiger partial charge in [-0.1, -0.05) is 0 Å². The normalized spacial score (nSPS) is 49.6. The molecule has 2 N–H and O–H groups in total. The van der Waals surface area contributed by atoms with Crippen LogP contribution in [0.25, 0.3) is 0 Å². The number of rotatable bonds is 2. The fraction of sp³-hybridized carbons (Fsp3) is 0.938. The van der Waals surface area contributed by atoms with Crippen LogP contribution in [0.5, 0.6) is 0 Å². The molecule has 4 saturated carbocycles. The van der Waals surface area contributed by atoms with Crippen LogP contribution in [0.3, 0.4) is 0 Å². The van der Waals surface area contributed by atoms with Gasteiger partial charge in [-0.25, -0.2) is 0 Å². The number of hydrogen-bond donors (Lipinski definition) is 2. The number of hydrogen-bond acceptors (Lipinski definition) is 3. The van der Waals surface area contributed by atoms with Gasteiger partial charge in [0.2, 0.25) is 5.91 Å². The summed E-state index contributed by atoms with van der Waals surface area (Å²) < 4.78 is 0. The molecule has 5 rings (SSSR count). The quantitative estimate of drug-likeness (QED) is 0.792. The molecular weight excluding hydrogens is 252 g/mol. The van der Waals surface area contributed by atoms with Gasteiger partial charge in [-0.15, -0.1) is 0 Å². The molecule has 1 amide bonds. The van der Waals surface area contributed by atoms with Crippen LogP contribution in [0, 0.1) is 23.2 Å². The number of nitrogens with zero attached hydrogens (tertiary/aromatic N) is 1.